The number of rotatable bonds is 2. The molecule has 0 aliphatic carbocycles. The van der Waals surface area contributed by atoms with Crippen LogP contribution in [-0.4, -0.2) is 42.9 Å². The number of carbonyl (C=O) groups excluding carboxylic acids is 1. The highest BCUT2D eigenvalue weighted by Gasteiger charge is 2.48. The van der Waals surface area contributed by atoms with Crippen LogP contribution < -0.4 is 0 Å². The maximum absolute atomic E-state index is 13.2. The topological polar surface area (TPSA) is 76.6 Å². The molecule has 2 saturated heterocycles. The molecule has 2 fully saturated rings. The number of para-hydroxylation sites is 1. The van der Waals surface area contributed by atoms with Crippen molar-refractivity contribution in [1.29, 1.82) is 0 Å². The van der Waals surface area contributed by atoms with E-state index >= 15 is 0 Å². The molecule has 0 N–H and O–H groups in total. The number of nitrogens with zero attached hydrogens (tertiary/aromatic N) is 2. The molecule has 6 nitrogen and oxygen atoms in total. The molecule has 2 aliphatic heterocycles. The van der Waals surface area contributed by atoms with Crippen molar-refractivity contribution >= 4 is 26.9 Å². The lowest BCUT2D eigenvalue weighted by Gasteiger charge is -2.29. The summed E-state index contributed by atoms with van der Waals surface area (Å²) in [5.41, 5.74) is 1.20. The minimum Gasteiger partial charge on any atom is -0.464 e. The summed E-state index contributed by atoms with van der Waals surface area (Å²) in [7, 11) is -3.82. The molecule has 4 rings (SSSR count). The first-order chi connectivity index (χ1) is 11.5. The van der Waals surface area contributed by atoms with E-state index < -0.39 is 22.0 Å². The highest BCUT2D eigenvalue weighted by molar-refractivity contribution is 7.89. The Kier molecular flexibility index (Phi) is 3.58. The van der Waals surface area contributed by atoms with Gasteiger partial charge in [-0.15, -0.1) is 0 Å². The van der Waals surface area contributed by atoms with E-state index in [0.717, 1.165) is 17.5 Å². The molecule has 7 heteroatoms. The van der Waals surface area contributed by atoms with Crippen LogP contribution in [-0.2, 0) is 19.6 Å². The molecule has 0 amide bonds. The predicted octanol–water partition coefficient (Wildman–Crippen LogP) is 1.87. The quantitative estimate of drug-likeness (QED) is 0.776. The third-order valence-electron chi connectivity index (χ3n) is 4.86. The van der Waals surface area contributed by atoms with E-state index in [1.807, 2.05) is 25.1 Å². The van der Waals surface area contributed by atoms with Gasteiger partial charge in [-0.25, -0.2) is 8.42 Å². The van der Waals surface area contributed by atoms with Crippen molar-refractivity contribution in [3.8, 4) is 0 Å². The van der Waals surface area contributed by atoms with Gasteiger partial charge in [-0.05, 0) is 37.8 Å². The van der Waals surface area contributed by atoms with E-state index in [-0.39, 0.29) is 10.8 Å². The standard InChI is InChI=1S/C17H18N2O4S/c1-11-5-6-12-3-2-4-14(15(12)18-11)24(21,22)19-9-7-13-8-10-23-17(20)16(13)19/h2-6,13,16H,7-10H2,1H3/t13-,16-/m0/s1. The number of cyclic esters (lactones) is 1. The lowest BCUT2D eigenvalue weighted by atomic mass is 9.96. The van der Waals surface area contributed by atoms with Crippen LogP contribution in [0.1, 0.15) is 18.5 Å². The molecule has 0 unspecified atom stereocenters. The van der Waals surface area contributed by atoms with Crippen molar-refractivity contribution < 1.29 is 17.9 Å². The minimum absolute atomic E-state index is 0.0469. The van der Waals surface area contributed by atoms with E-state index in [1.54, 1.807) is 12.1 Å². The summed E-state index contributed by atoms with van der Waals surface area (Å²) < 4.78 is 32.9. The first kappa shape index (κ1) is 15.5. The van der Waals surface area contributed by atoms with E-state index in [2.05, 4.69) is 4.98 Å². The summed E-state index contributed by atoms with van der Waals surface area (Å²) in [6.07, 6.45) is 1.41. The van der Waals surface area contributed by atoms with E-state index in [0.29, 0.717) is 25.1 Å². The second kappa shape index (κ2) is 5.53. The maximum atomic E-state index is 13.2. The Labute approximate surface area is 140 Å². The zero-order valence-corrected chi connectivity index (χ0v) is 14.1. The van der Waals surface area contributed by atoms with Gasteiger partial charge in [0.1, 0.15) is 10.9 Å². The SMILES string of the molecule is Cc1ccc2cccc(S(=O)(=O)N3CC[C@H]4CCOC(=O)[C@H]43)c2n1. The summed E-state index contributed by atoms with van der Waals surface area (Å²) in [5.74, 6) is -0.387. The fourth-order valence-corrected chi connectivity index (χ4v) is 5.47. The second-order valence-corrected chi connectivity index (χ2v) is 8.20. The van der Waals surface area contributed by atoms with Gasteiger partial charge in [0.2, 0.25) is 10.0 Å². The summed E-state index contributed by atoms with van der Waals surface area (Å²) >= 11 is 0. The molecule has 0 bridgehead atoms. The number of fused-ring (bicyclic) bond motifs is 2. The number of pyridine rings is 1. The Hall–Kier alpha value is -1.99. The Morgan fingerprint density at radius 3 is 2.88 bits per heavy atom. The van der Waals surface area contributed by atoms with Gasteiger partial charge >= 0.3 is 5.97 Å². The third-order valence-corrected chi connectivity index (χ3v) is 6.77. The monoisotopic (exact) mass is 346 g/mol. The third kappa shape index (κ3) is 2.31. The Balaban J connectivity index is 1.84. The van der Waals surface area contributed by atoms with Crippen molar-refractivity contribution in [2.75, 3.05) is 13.2 Å². The molecule has 24 heavy (non-hydrogen) atoms. The van der Waals surface area contributed by atoms with Crippen LogP contribution in [0.3, 0.4) is 0 Å². The van der Waals surface area contributed by atoms with Gasteiger partial charge in [0.25, 0.3) is 0 Å². The summed E-state index contributed by atoms with van der Waals surface area (Å²) in [5, 5.41) is 0.767. The smallest absolute Gasteiger partial charge is 0.324 e. The first-order valence-corrected chi connectivity index (χ1v) is 9.47. The largest absolute Gasteiger partial charge is 0.464 e. The normalized spacial score (nSPS) is 24.8. The van der Waals surface area contributed by atoms with Gasteiger partial charge < -0.3 is 4.74 Å². The van der Waals surface area contributed by atoms with Crippen molar-refractivity contribution in [1.82, 2.24) is 9.29 Å². The number of aromatic nitrogens is 1. The number of esters is 1. The number of aryl methyl sites for hydroxylation is 1. The van der Waals surface area contributed by atoms with Gasteiger partial charge in [0, 0.05) is 17.6 Å². The van der Waals surface area contributed by atoms with Crippen LogP contribution in [0.15, 0.2) is 35.2 Å². The lowest BCUT2D eigenvalue weighted by molar-refractivity contribution is -0.153. The molecular weight excluding hydrogens is 328 g/mol. The van der Waals surface area contributed by atoms with Crippen LogP contribution in [0.4, 0.5) is 0 Å². The van der Waals surface area contributed by atoms with Crippen molar-refractivity contribution in [2.45, 2.75) is 30.7 Å². The van der Waals surface area contributed by atoms with Crippen LogP contribution in [0, 0.1) is 12.8 Å². The van der Waals surface area contributed by atoms with Gasteiger partial charge in [-0.2, -0.15) is 4.31 Å². The van der Waals surface area contributed by atoms with Gasteiger partial charge in [-0.3, -0.25) is 9.78 Å². The van der Waals surface area contributed by atoms with Crippen LogP contribution in [0.2, 0.25) is 0 Å². The molecule has 0 saturated carbocycles. The van der Waals surface area contributed by atoms with E-state index in [1.165, 1.54) is 4.31 Å². The number of sulfonamides is 1. The molecule has 2 aliphatic rings. The fourth-order valence-electron chi connectivity index (χ4n) is 3.66. The molecule has 1 aromatic carbocycles. The van der Waals surface area contributed by atoms with Crippen molar-refractivity contribution in [2.24, 2.45) is 5.92 Å². The molecule has 2 aromatic rings. The number of hydrogen-bond donors (Lipinski definition) is 0. The maximum Gasteiger partial charge on any atom is 0.324 e. The second-order valence-electron chi connectivity index (χ2n) is 6.35. The molecular formula is C17H18N2O4S. The minimum atomic E-state index is -3.82. The number of carbonyl (C=O) groups is 1. The zero-order valence-electron chi connectivity index (χ0n) is 13.3. The highest BCUT2D eigenvalue weighted by atomic mass is 32.2. The van der Waals surface area contributed by atoms with Gasteiger partial charge in [-0.1, -0.05) is 18.2 Å². The zero-order chi connectivity index (χ0) is 16.9. The predicted molar refractivity (Wildman–Crippen MR) is 87.8 cm³/mol. The Morgan fingerprint density at radius 2 is 2.04 bits per heavy atom. The number of hydrogen-bond acceptors (Lipinski definition) is 5. The Morgan fingerprint density at radius 1 is 1.21 bits per heavy atom. The van der Waals surface area contributed by atoms with Crippen LogP contribution in [0.5, 0.6) is 0 Å². The first-order valence-electron chi connectivity index (χ1n) is 8.03. The number of ether oxygens (including phenoxy) is 1. The highest BCUT2D eigenvalue weighted by Crippen LogP contribution is 2.36. The van der Waals surface area contributed by atoms with Crippen molar-refractivity contribution in [3.05, 3.63) is 36.0 Å². The summed E-state index contributed by atoms with van der Waals surface area (Å²) in [4.78, 5) is 16.7. The molecule has 0 spiro atoms. The lowest BCUT2D eigenvalue weighted by Crippen LogP contribution is -2.46. The van der Waals surface area contributed by atoms with Crippen molar-refractivity contribution in [3.63, 3.8) is 0 Å². The van der Waals surface area contributed by atoms with E-state index in [4.69, 9.17) is 4.74 Å². The summed E-state index contributed by atoms with van der Waals surface area (Å²) in [6, 6.07) is 8.11. The van der Waals surface area contributed by atoms with E-state index in [9.17, 15) is 13.2 Å². The average Bonchev–Trinajstić information content (AvgIpc) is 3.00. The Bertz CT molecular complexity index is 925. The van der Waals surface area contributed by atoms with Gasteiger partial charge in [0.15, 0.2) is 0 Å². The van der Waals surface area contributed by atoms with Crippen LogP contribution in [0.25, 0.3) is 10.9 Å². The average molecular weight is 346 g/mol. The fraction of sp³-hybridized carbons (Fsp3) is 0.412. The molecule has 1 aromatic heterocycles. The number of benzene rings is 1. The molecule has 126 valence electrons. The summed E-state index contributed by atoms with van der Waals surface area (Å²) in [6.45, 7) is 2.55. The van der Waals surface area contributed by atoms with Crippen LogP contribution >= 0.6 is 0 Å². The molecule has 2 atom stereocenters. The molecule has 0 radical (unpaired) electrons. The van der Waals surface area contributed by atoms with Gasteiger partial charge in [0.05, 0.1) is 12.1 Å². The molecule has 3 heterocycles.